The summed E-state index contributed by atoms with van der Waals surface area (Å²) in [7, 11) is 0. The van der Waals surface area contributed by atoms with Gasteiger partial charge in [-0.05, 0) is 44.4 Å². The van der Waals surface area contributed by atoms with Crippen molar-refractivity contribution in [3.05, 3.63) is 12.2 Å². The molecule has 1 aliphatic rings. The molecule has 0 bridgehead atoms. The largest absolute Gasteiger partial charge is 0.466 e. The number of carbonyl (C=O) groups excluding carboxylic acids is 1. The maximum Gasteiger partial charge on any atom is 0.302 e. The molecule has 1 aliphatic carbocycles. The second-order valence-corrected chi connectivity index (χ2v) is 5.39. The maximum absolute atomic E-state index is 10.6. The van der Waals surface area contributed by atoms with Crippen LogP contribution in [-0.4, -0.2) is 23.3 Å². The van der Waals surface area contributed by atoms with E-state index in [0.29, 0.717) is 12.5 Å². The van der Waals surface area contributed by atoms with Gasteiger partial charge in [0.15, 0.2) is 0 Å². The van der Waals surface area contributed by atoms with Gasteiger partial charge in [0.1, 0.15) is 0 Å². The van der Waals surface area contributed by atoms with E-state index in [-0.39, 0.29) is 11.9 Å². The van der Waals surface area contributed by atoms with E-state index >= 15 is 0 Å². The van der Waals surface area contributed by atoms with Crippen LogP contribution >= 0.6 is 0 Å². The summed E-state index contributed by atoms with van der Waals surface area (Å²) in [6.45, 7) is 10.0. The molecule has 0 aliphatic heterocycles. The Balaban J connectivity index is 2.32. The number of aliphatic hydroxyl groups is 1. The lowest BCUT2D eigenvalue weighted by Gasteiger charge is -2.26. The van der Waals surface area contributed by atoms with Crippen LogP contribution in [0.3, 0.4) is 0 Å². The van der Waals surface area contributed by atoms with Crippen LogP contribution in [0.5, 0.6) is 0 Å². The molecule has 3 heteroatoms. The summed E-state index contributed by atoms with van der Waals surface area (Å²) in [5.74, 6) is 0.443. The molecule has 0 radical (unpaired) electrons. The summed E-state index contributed by atoms with van der Waals surface area (Å²) in [4.78, 5) is 10.6. The minimum absolute atomic E-state index is 0.229. The number of rotatable bonds is 5. The van der Waals surface area contributed by atoms with E-state index in [1.54, 1.807) is 0 Å². The van der Waals surface area contributed by atoms with Crippen molar-refractivity contribution >= 4 is 5.97 Å². The Kier molecular flexibility index (Phi) is 4.75. The molecule has 17 heavy (non-hydrogen) atoms. The van der Waals surface area contributed by atoms with Gasteiger partial charge in [0.25, 0.3) is 0 Å². The number of esters is 1. The second-order valence-electron chi connectivity index (χ2n) is 5.39. The van der Waals surface area contributed by atoms with E-state index in [1.807, 2.05) is 6.92 Å². The summed E-state index contributed by atoms with van der Waals surface area (Å²) in [5, 5.41) is 10.1. The van der Waals surface area contributed by atoms with Crippen molar-refractivity contribution in [1.82, 2.24) is 0 Å². The van der Waals surface area contributed by atoms with E-state index in [4.69, 9.17) is 4.74 Å². The first kappa shape index (κ1) is 14.2. The molecule has 3 atom stereocenters. The van der Waals surface area contributed by atoms with Crippen LogP contribution in [-0.2, 0) is 9.53 Å². The van der Waals surface area contributed by atoms with Gasteiger partial charge in [0.05, 0.1) is 12.2 Å². The van der Waals surface area contributed by atoms with Crippen molar-refractivity contribution in [1.29, 1.82) is 0 Å². The first-order chi connectivity index (χ1) is 7.84. The van der Waals surface area contributed by atoms with Crippen LogP contribution in [0.4, 0.5) is 0 Å². The minimum atomic E-state index is -0.552. The molecule has 3 nitrogen and oxygen atoms in total. The molecule has 0 aromatic heterocycles. The minimum Gasteiger partial charge on any atom is -0.466 e. The molecular weight excluding hydrogens is 216 g/mol. The average Bonchev–Trinajstić information content (AvgIpc) is 2.49. The molecule has 0 amide bonds. The zero-order valence-corrected chi connectivity index (χ0v) is 11.2. The van der Waals surface area contributed by atoms with Crippen LogP contribution in [0.25, 0.3) is 0 Å². The van der Waals surface area contributed by atoms with Gasteiger partial charge in [-0.2, -0.15) is 0 Å². The van der Waals surface area contributed by atoms with Crippen molar-refractivity contribution in [3.63, 3.8) is 0 Å². The Morgan fingerprint density at radius 1 is 1.59 bits per heavy atom. The lowest BCUT2D eigenvalue weighted by Crippen LogP contribution is -2.29. The highest BCUT2D eigenvalue weighted by molar-refractivity contribution is 5.65. The fourth-order valence-corrected chi connectivity index (χ4v) is 2.62. The maximum atomic E-state index is 10.6. The SMILES string of the molecule is C=C(CCCOC(C)=O)[C@@H]1CC[C@@](C)(O)[C@H]1C. The Labute approximate surface area is 104 Å². The van der Waals surface area contributed by atoms with Gasteiger partial charge >= 0.3 is 5.97 Å². The highest BCUT2D eigenvalue weighted by atomic mass is 16.5. The summed E-state index contributed by atoms with van der Waals surface area (Å²) in [5.41, 5.74) is 0.631. The highest BCUT2D eigenvalue weighted by Crippen LogP contribution is 2.43. The van der Waals surface area contributed by atoms with Gasteiger partial charge in [-0.25, -0.2) is 0 Å². The lowest BCUT2D eigenvalue weighted by molar-refractivity contribution is -0.141. The summed E-state index contributed by atoms with van der Waals surface area (Å²) in [6, 6.07) is 0. The number of hydrogen-bond donors (Lipinski definition) is 1. The van der Waals surface area contributed by atoms with Crippen LogP contribution in [0, 0.1) is 11.8 Å². The van der Waals surface area contributed by atoms with Gasteiger partial charge in [-0.3, -0.25) is 4.79 Å². The van der Waals surface area contributed by atoms with E-state index in [0.717, 1.165) is 25.7 Å². The molecule has 0 unspecified atom stereocenters. The third kappa shape index (κ3) is 3.84. The lowest BCUT2D eigenvalue weighted by atomic mass is 9.83. The molecule has 1 fully saturated rings. The van der Waals surface area contributed by atoms with Crippen LogP contribution in [0.1, 0.15) is 46.5 Å². The number of carbonyl (C=O) groups is 1. The van der Waals surface area contributed by atoms with Crippen LogP contribution in [0.15, 0.2) is 12.2 Å². The number of hydrogen-bond acceptors (Lipinski definition) is 3. The van der Waals surface area contributed by atoms with Gasteiger partial charge in [0.2, 0.25) is 0 Å². The van der Waals surface area contributed by atoms with E-state index < -0.39 is 5.60 Å². The zero-order valence-electron chi connectivity index (χ0n) is 11.2. The molecular formula is C14H24O3. The molecule has 0 heterocycles. The predicted molar refractivity (Wildman–Crippen MR) is 67.5 cm³/mol. The fourth-order valence-electron chi connectivity index (χ4n) is 2.62. The molecule has 0 spiro atoms. The average molecular weight is 240 g/mol. The van der Waals surface area contributed by atoms with Crippen molar-refractivity contribution in [2.24, 2.45) is 11.8 Å². The molecule has 1 N–H and O–H groups in total. The van der Waals surface area contributed by atoms with Crippen LogP contribution in [0.2, 0.25) is 0 Å². The van der Waals surface area contributed by atoms with E-state index in [9.17, 15) is 9.90 Å². The third-order valence-electron chi connectivity index (χ3n) is 4.02. The zero-order chi connectivity index (χ0) is 13.1. The van der Waals surface area contributed by atoms with Gasteiger partial charge in [-0.1, -0.05) is 19.1 Å². The fraction of sp³-hybridized carbons (Fsp3) is 0.786. The second kappa shape index (κ2) is 5.67. The van der Waals surface area contributed by atoms with Crippen LogP contribution < -0.4 is 0 Å². The first-order valence-electron chi connectivity index (χ1n) is 6.38. The molecule has 98 valence electrons. The van der Waals surface area contributed by atoms with Crippen molar-refractivity contribution < 1.29 is 14.6 Å². The number of allylic oxidation sites excluding steroid dienone is 1. The Morgan fingerprint density at radius 2 is 2.24 bits per heavy atom. The van der Waals surface area contributed by atoms with Crippen molar-refractivity contribution in [2.75, 3.05) is 6.61 Å². The van der Waals surface area contributed by atoms with Gasteiger partial charge in [0, 0.05) is 6.92 Å². The van der Waals surface area contributed by atoms with Gasteiger partial charge < -0.3 is 9.84 Å². The summed E-state index contributed by atoms with van der Waals surface area (Å²) >= 11 is 0. The molecule has 0 saturated heterocycles. The standard InChI is InChI=1S/C14H24O3/c1-10(6-5-9-17-12(3)15)13-7-8-14(4,16)11(13)2/h11,13,16H,1,5-9H2,2-4H3/t11-,13-,14+/m0/s1. The first-order valence-corrected chi connectivity index (χ1v) is 6.38. The van der Waals surface area contributed by atoms with Crippen molar-refractivity contribution in [3.8, 4) is 0 Å². The quantitative estimate of drug-likeness (QED) is 0.456. The van der Waals surface area contributed by atoms with E-state index in [2.05, 4.69) is 13.5 Å². The predicted octanol–water partition coefficient (Wildman–Crippen LogP) is 2.68. The Bertz CT molecular complexity index is 294. The topological polar surface area (TPSA) is 46.5 Å². The monoisotopic (exact) mass is 240 g/mol. The highest BCUT2D eigenvalue weighted by Gasteiger charge is 2.41. The molecule has 0 aromatic rings. The smallest absolute Gasteiger partial charge is 0.302 e. The normalized spacial score (nSPS) is 32.5. The van der Waals surface area contributed by atoms with Crippen molar-refractivity contribution in [2.45, 2.75) is 52.1 Å². The number of ether oxygens (including phenoxy) is 1. The Hall–Kier alpha value is -0.830. The van der Waals surface area contributed by atoms with E-state index in [1.165, 1.54) is 12.5 Å². The summed E-state index contributed by atoms with van der Waals surface area (Å²) in [6.07, 6.45) is 3.56. The Morgan fingerprint density at radius 3 is 2.71 bits per heavy atom. The van der Waals surface area contributed by atoms with Gasteiger partial charge in [-0.15, -0.1) is 0 Å². The molecule has 0 aromatic carbocycles. The summed E-state index contributed by atoms with van der Waals surface area (Å²) < 4.78 is 4.89. The third-order valence-corrected chi connectivity index (χ3v) is 4.02. The molecule has 1 rings (SSSR count). The molecule has 1 saturated carbocycles.